The van der Waals surface area contributed by atoms with E-state index in [1.807, 2.05) is 4.90 Å². The average molecular weight is 333 g/mol. The zero-order valence-electron chi connectivity index (χ0n) is 16.4. The molecule has 0 unspecified atom stereocenters. The highest BCUT2D eigenvalue weighted by atomic mass is 16.5. The van der Waals surface area contributed by atoms with Crippen molar-refractivity contribution in [2.24, 2.45) is 0 Å². The Labute approximate surface area is 149 Å². The van der Waals surface area contributed by atoms with Gasteiger partial charge < -0.3 is 9.64 Å². The lowest BCUT2D eigenvalue weighted by molar-refractivity contribution is -0.887. The first-order valence-electron chi connectivity index (χ1n) is 10.2. The van der Waals surface area contributed by atoms with Gasteiger partial charge in [0.1, 0.15) is 5.75 Å². The normalized spacial score (nSPS) is 15.6. The summed E-state index contributed by atoms with van der Waals surface area (Å²) in [5.74, 6) is 2.19. The summed E-state index contributed by atoms with van der Waals surface area (Å²) >= 11 is 0. The highest BCUT2D eigenvalue weighted by molar-refractivity contribution is 5.44. The molecule has 0 spiro atoms. The van der Waals surface area contributed by atoms with Crippen LogP contribution in [0.1, 0.15) is 89.2 Å². The van der Waals surface area contributed by atoms with Gasteiger partial charge in [-0.25, -0.2) is 0 Å². The number of quaternary nitrogens is 1. The Morgan fingerprint density at radius 1 is 0.875 bits per heavy atom. The third-order valence-electron chi connectivity index (χ3n) is 5.30. The van der Waals surface area contributed by atoms with Crippen LogP contribution < -0.4 is 9.64 Å². The van der Waals surface area contributed by atoms with Crippen LogP contribution in [0.4, 0.5) is 0 Å². The molecule has 0 aromatic heterocycles. The highest BCUT2D eigenvalue weighted by Crippen LogP contribution is 2.34. The van der Waals surface area contributed by atoms with Crippen molar-refractivity contribution < 1.29 is 9.64 Å². The Kier molecular flexibility index (Phi) is 8.11. The number of ether oxygens (including phenoxy) is 1. The minimum Gasteiger partial charge on any atom is -0.493 e. The van der Waals surface area contributed by atoms with Gasteiger partial charge in [-0.1, -0.05) is 45.9 Å². The van der Waals surface area contributed by atoms with Crippen LogP contribution in [0.5, 0.6) is 5.75 Å². The van der Waals surface area contributed by atoms with E-state index in [2.05, 4.69) is 45.9 Å². The van der Waals surface area contributed by atoms with Gasteiger partial charge in [0.2, 0.25) is 0 Å². The number of nitrogens with one attached hydrogen (secondary N) is 1. The molecule has 0 bridgehead atoms. The zero-order valence-corrected chi connectivity index (χ0v) is 16.4. The van der Waals surface area contributed by atoms with E-state index in [-0.39, 0.29) is 0 Å². The van der Waals surface area contributed by atoms with Crippen molar-refractivity contribution in [2.45, 2.75) is 78.1 Å². The van der Waals surface area contributed by atoms with Crippen LogP contribution in [0.2, 0.25) is 0 Å². The van der Waals surface area contributed by atoms with E-state index in [4.69, 9.17) is 4.74 Å². The number of para-hydroxylation sites is 1. The summed E-state index contributed by atoms with van der Waals surface area (Å²) in [6.07, 6.45) is 8.10. The number of likely N-dealkylation sites (tertiary alicyclic amines) is 1. The molecule has 1 heterocycles. The fourth-order valence-corrected chi connectivity index (χ4v) is 3.78. The highest BCUT2D eigenvalue weighted by Gasteiger charge is 2.15. The van der Waals surface area contributed by atoms with E-state index < -0.39 is 0 Å². The molecule has 2 heteroatoms. The molecular weight excluding hydrogens is 294 g/mol. The quantitative estimate of drug-likeness (QED) is 0.621. The van der Waals surface area contributed by atoms with E-state index in [1.54, 1.807) is 0 Å². The second-order valence-corrected chi connectivity index (χ2v) is 8.04. The van der Waals surface area contributed by atoms with Gasteiger partial charge in [-0.3, -0.25) is 0 Å². The van der Waals surface area contributed by atoms with Gasteiger partial charge in [-0.2, -0.15) is 0 Å². The Hall–Kier alpha value is -1.02. The molecule has 2 nitrogen and oxygen atoms in total. The molecule has 1 aromatic carbocycles. The monoisotopic (exact) mass is 332 g/mol. The van der Waals surface area contributed by atoms with Crippen molar-refractivity contribution in [3.05, 3.63) is 29.3 Å². The maximum Gasteiger partial charge on any atom is 0.126 e. The third-order valence-corrected chi connectivity index (χ3v) is 5.30. The van der Waals surface area contributed by atoms with Gasteiger partial charge in [0.15, 0.2) is 0 Å². The summed E-state index contributed by atoms with van der Waals surface area (Å²) in [5, 5.41) is 0. The molecule has 0 amide bonds. The summed E-state index contributed by atoms with van der Waals surface area (Å²) in [6.45, 7) is 14.1. The summed E-state index contributed by atoms with van der Waals surface area (Å²) in [7, 11) is 0. The van der Waals surface area contributed by atoms with Crippen molar-refractivity contribution in [2.75, 3.05) is 26.2 Å². The predicted octanol–water partition coefficient (Wildman–Crippen LogP) is 4.55. The third kappa shape index (κ3) is 5.81. The Morgan fingerprint density at radius 2 is 1.46 bits per heavy atom. The first-order valence-corrected chi connectivity index (χ1v) is 10.2. The van der Waals surface area contributed by atoms with Gasteiger partial charge in [-0.15, -0.1) is 0 Å². The van der Waals surface area contributed by atoms with Crippen LogP contribution >= 0.6 is 0 Å². The lowest BCUT2D eigenvalue weighted by Gasteiger charge is -2.20. The minimum absolute atomic E-state index is 0.516. The van der Waals surface area contributed by atoms with Crippen LogP contribution in [0.25, 0.3) is 0 Å². The molecular formula is C22H38NO+. The number of benzene rings is 1. The van der Waals surface area contributed by atoms with Crippen molar-refractivity contribution in [3.8, 4) is 5.75 Å². The first-order chi connectivity index (χ1) is 11.6. The summed E-state index contributed by atoms with van der Waals surface area (Å²) < 4.78 is 6.27. The van der Waals surface area contributed by atoms with Gasteiger partial charge in [0.05, 0.1) is 26.2 Å². The lowest BCUT2D eigenvalue weighted by atomic mass is 9.94. The SMILES string of the molecule is CC(C)c1cccc(C(C)C)c1OCCCCCC[NH+]1CCCC1. The van der Waals surface area contributed by atoms with E-state index in [0.717, 1.165) is 12.4 Å². The summed E-state index contributed by atoms with van der Waals surface area (Å²) in [6, 6.07) is 6.63. The zero-order chi connectivity index (χ0) is 17.4. The van der Waals surface area contributed by atoms with E-state index in [9.17, 15) is 0 Å². The molecule has 1 fully saturated rings. The molecule has 1 aliphatic heterocycles. The van der Waals surface area contributed by atoms with Gasteiger partial charge in [0, 0.05) is 12.8 Å². The molecule has 1 saturated heterocycles. The number of unbranched alkanes of at least 4 members (excludes halogenated alkanes) is 3. The Morgan fingerprint density at radius 3 is 2.04 bits per heavy atom. The minimum atomic E-state index is 0.516. The average Bonchev–Trinajstić information content (AvgIpc) is 3.06. The second-order valence-electron chi connectivity index (χ2n) is 8.04. The molecule has 0 atom stereocenters. The largest absolute Gasteiger partial charge is 0.493 e. The van der Waals surface area contributed by atoms with E-state index >= 15 is 0 Å². The molecule has 0 saturated carbocycles. The van der Waals surface area contributed by atoms with Crippen LogP contribution in [-0.2, 0) is 0 Å². The molecule has 2 rings (SSSR count). The maximum atomic E-state index is 6.27. The molecule has 136 valence electrons. The van der Waals surface area contributed by atoms with E-state index in [1.165, 1.54) is 69.3 Å². The number of hydrogen-bond acceptors (Lipinski definition) is 1. The smallest absolute Gasteiger partial charge is 0.126 e. The summed E-state index contributed by atoms with van der Waals surface area (Å²) in [5.41, 5.74) is 2.72. The molecule has 1 N–H and O–H groups in total. The molecule has 0 aliphatic carbocycles. The second kappa shape index (κ2) is 10.1. The van der Waals surface area contributed by atoms with Crippen LogP contribution in [0.3, 0.4) is 0 Å². The van der Waals surface area contributed by atoms with Crippen molar-refractivity contribution >= 4 is 0 Å². The van der Waals surface area contributed by atoms with Gasteiger partial charge in [-0.05, 0) is 48.6 Å². The first kappa shape index (κ1) is 19.3. The fraction of sp³-hybridized carbons (Fsp3) is 0.727. The Bertz CT molecular complexity index is 449. The molecule has 1 aromatic rings. The fourth-order valence-electron chi connectivity index (χ4n) is 3.78. The van der Waals surface area contributed by atoms with Crippen molar-refractivity contribution in [3.63, 3.8) is 0 Å². The van der Waals surface area contributed by atoms with Crippen LogP contribution in [-0.4, -0.2) is 26.2 Å². The topological polar surface area (TPSA) is 13.7 Å². The van der Waals surface area contributed by atoms with Crippen molar-refractivity contribution in [1.82, 2.24) is 0 Å². The summed E-state index contributed by atoms with van der Waals surface area (Å²) in [4.78, 5) is 1.83. The van der Waals surface area contributed by atoms with E-state index in [0.29, 0.717) is 11.8 Å². The number of rotatable bonds is 10. The Balaban J connectivity index is 1.73. The molecule has 1 aliphatic rings. The van der Waals surface area contributed by atoms with Crippen molar-refractivity contribution in [1.29, 1.82) is 0 Å². The molecule has 0 radical (unpaired) electrons. The van der Waals surface area contributed by atoms with Crippen LogP contribution in [0.15, 0.2) is 18.2 Å². The lowest BCUT2D eigenvalue weighted by Crippen LogP contribution is -3.09. The number of hydrogen-bond donors (Lipinski definition) is 1. The molecule has 24 heavy (non-hydrogen) atoms. The predicted molar refractivity (Wildman–Crippen MR) is 103 cm³/mol. The van der Waals surface area contributed by atoms with Gasteiger partial charge >= 0.3 is 0 Å². The standard InChI is InChI=1S/C22H37NO/c1-18(2)20-12-11-13-21(19(3)4)22(20)24-17-10-6-5-7-14-23-15-8-9-16-23/h11-13,18-19H,5-10,14-17H2,1-4H3/p+1. The van der Waals surface area contributed by atoms with Gasteiger partial charge in [0.25, 0.3) is 0 Å². The van der Waals surface area contributed by atoms with Crippen LogP contribution in [0, 0.1) is 0 Å². The maximum absolute atomic E-state index is 6.27.